The SMILES string of the molecule is C/C=C1\C(=C/C)Oc2ccccc2C1(C(F)(F)F)C(F)(F)F. The van der Waals surface area contributed by atoms with E-state index in [4.69, 9.17) is 4.74 Å². The number of benzene rings is 1. The standard InChI is InChI=1S/C15H12F6O/c1-3-9-11(4-2)22-12-8-6-5-7-10(12)13(9,14(16,17)18)15(19,20)21/h3-8H,1-2H3/b9-3+,11-4+. The highest BCUT2D eigenvalue weighted by molar-refractivity contribution is 5.58. The molecule has 0 amide bonds. The molecule has 1 aromatic rings. The van der Waals surface area contributed by atoms with Gasteiger partial charge >= 0.3 is 12.4 Å². The summed E-state index contributed by atoms with van der Waals surface area (Å²) in [5.74, 6) is -0.897. The molecule has 0 fully saturated rings. The Morgan fingerprint density at radius 1 is 0.909 bits per heavy atom. The first-order chi connectivity index (χ1) is 10.1. The summed E-state index contributed by atoms with van der Waals surface area (Å²) >= 11 is 0. The van der Waals surface area contributed by atoms with E-state index >= 15 is 0 Å². The van der Waals surface area contributed by atoms with Gasteiger partial charge in [0.25, 0.3) is 0 Å². The van der Waals surface area contributed by atoms with E-state index < -0.39 is 40.4 Å². The Bertz CT molecular complexity index is 622. The molecule has 0 saturated carbocycles. The summed E-state index contributed by atoms with van der Waals surface area (Å²) in [7, 11) is 0. The van der Waals surface area contributed by atoms with Crippen molar-refractivity contribution in [1.82, 2.24) is 0 Å². The van der Waals surface area contributed by atoms with Gasteiger partial charge in [0, 0.05) is 11.1 Å². The third-order valence-electron chi connectivity index (χ3n) is 3.58. The summed E-state index contributed by atoms with van der Waals surface area (Å²) in [4.78, 5) is 0. The van der Waals surface area contributed by atoms with Crippen LogP contribution in [0.1, 0.15) is 19.4 Å². The van der Waals surface area contributed by atoms with Crippen LogP contribution in [0.15, 0.2) is 47.7 Å². The number of para-hydroxylation sites is 1. The molecule has 0 N–H and O–H groups in total. The van der Waals surface area contributed by atoms with Gasteiger partial charge in [-0.05, 0) is 26.0 Å². The second-order valence-electron chi connectivity index (χ2n) is 4.70. The van der Waals surface area contributed by atoms with Crippen LogP contribution in [0.3, 0.4) is 0 Å². The monoisotopic (exact) mass is 322 g/mol. The van der Waals surface area contributed by atoms with Crippen molar-refractivity contribution in [3.8, 4) is 5.75 Å². The van der Waals surface area contributed by atoms with E-state index in [-0.39, 0.29) is 0 Å². The van der Waals surface area contributed by atoms with Crippen molar-refractivity contribution < 1.29 is 31.1 Å². The zero-order valence-corrected chi connectivity index (χ0v) is 11.6. The van der Waals surface area contributed by atoms with E-state index in [9.17, 15) is 26.3 Å². The van der Waals surface area contributed by atoms with Crippen LogP contribution in [-0.2, 0) is 5.41 Å². The second-order valence-corrected chi connectivity index (χ2v) is 4.70. The molecule has 0 aromatic heterocycles. The molecule has 0 saturated heterocycles. The predicted octanol–water partition coefficient (Wildman–Crippen LogP) is 5.29. The summed E-state index contributed by atoms with van der Waals surface area (Å²) in [6.45, 7) is 2.45. The Morgan fingerprint density at radius 2 is 1.45 bits per heavy atom. The zero-order chi connectivity index (χ0) is 16.8. The molecule has 1 nitrogen and oxygen atoms in total. The minimum Gasteiger partial charge on any atom is -0.457 e. The molecule has 120 valence electrons. The van der Waals surface area contributed by atoms with Crippen LogP contribution >= 0.6 is 0 Å². The van der Waals surface area contributed by atoms with Crippen LogP contribution in [0.2, 0.25) is 0 Å². The lowest BCUT2D eigenvalue weighted by Crippen LogP contribution is -2.57. The molecule has 22 heavy (non-hydrogen) atoms. The van der Waals surface area contributed by atoms with Gasteiger partial charge in [-0.15, -0.1) is 0 Å². The summed E-state index contributed by atoms with van der Waals surface area (Å²) in [6, 6.07) is 4.34. The molecule has 0 bridgehead atoms. The van der Waals surface area contributed by atoms with Crippen LogP contribution in [-0.4, -0.2) is 12.4 Å². The molecule has 1 heterocycles. The molecular weight excluding hydrogens is 310 g/mol. The number of alkyl halides is 6. The van der Waals surface area contributed by atoms with Crippen molar-refractivity contribution in [3.05, 3.63) is 53.3 Å². The van der Waals surface area contributed by atoms with Crippen LogP contribution in [0, 0.1) is 0 Å². The largest absolute Gasteiger partial charge is 0.457 e. The summed E-state index contributed by atoms with van der Waals surface area (Å²) in [5, 5.41) is 0. The van der Waals surface area contributed by atoms with Gasteiger partial charge in [-0.3, -0.25) is 0 Å². The van der Waals surface area contributed by atoms with Crippen LogP contribution in [0.25, 0.3) is 0 Å². The number of hydrogen-bond acceptors (Lipinski definition) is 1. The van der Waals surface area contributed by atoms with E-state index in [1.807, 2.05) is 0 Å². The Hall–Kier alpha value is -1.92. The Kier molecular flexibility index (Phi) is 3.79. The lowest BCUT2D eigenvalue weighted by Gasteiger charge is -2.43. The van der Waals surface area contributed by atoms with Crippen molar-refractivity contribution >= 4 is 0 Å². The number of halogens is 6. The topological polar surface area (TPSA) is 9.23 Å². The zero-order valence-electron chi connectivity index (χ0n) is 11.6. The Balaban J connectivity index is 3.00. The minimum atomic E-state index is -5.57. The fraction of sp³-hybridized carbons (Fsp3) is 0.333. The molecule has 1 aliphatic rings. The van der Waals surface area contributed by atoms with Crippen molar-refractivity contribution in [2.45, 2.75) is 31.6 Å². The first-order valence-electron chi connectivity index (χ1n) is 6.35. The molecule has 0 radical (unpaired) electrons. The Morgan fingerprint density at radius 3 is 1.91 bits per heavy atom. The average Bonchev–Trinajstić information content (AvgIpc) is 2.42. The number of hydrogen-bond donors (Lipinski definition) is 0. The quantitative estimate of drug-likeness (QED) is 0.590. The van der Waals surface area contributed by atoms with Crippen molar-refractivity contribution in [3.63, 3.8) is 0 Å². The van der Waals surface area contributed by atoms with Gasteiger partial charge in [0.05, 0.1) is 0 Å². The Labute approximate surface area is 122 Å². The molecule has 2 rings (SSSR count). The van der Waals surface area contributed by atoms with E-state index in [1.54, 1.807) is 0 Å². The lowest BCUT2D eigenvalue weighted by atomic mass is 9.69. The van der Waals surface area contributed by atoms with Gasteiger partial charge in [-0.1, -0.05) is 24.3 Å². The normalized spacial score (nSPS) is 21.6. The van der Waals surface area contributed by atoms with Crippen molar-refractivity contribution in [2.75, 3.05) is 0 Å². The number of rotatable bonds is 0. The number of fused-ring (bicyclic) bond motifs is 1. The maximum Gasteiger partial charge on any atom is 0.411 e. The third-order valence-corrected chi connectivity index (χ3v) is 3.58. The predicted molar refractivity (Wildman–Crippen MR) is 68.4 cm³/mol. The molecule has 0 unspecified atom stereocenters. The van der Waals surface area contributed by atoms with Crippen molar-refractivity contribution in [2.24, 2.45) is 0 Å². The maximum atomic E-state index is 13.7. The first-order valence-corrected chi connectivity index (χ1v) is 6.35. The second kappa shape index (κ2) is 5.07. The number of ether oxygens (including phenoxy) is 1. The van der Waals surface area contributed by atoms with Gasteiger partial charge in [0.2, 0.25) is 5.41 Å². The maximum absolute atomic E-state index is 13.7. The molecule has 1 aliphatic heterocycles. The van der Waals surface area contributed by atoms with Gasteiger partial charge in [-0.2, -0.15) is 26.3 Å². The summed E-state index contributed by atoms with van der Waals surface area (Å²) < 4.78 is 87.3. The fourth-order valence-electron chi connectivity index (χ4n) is 2.71. The van der Waals surface area contributed by atoms with Gasteiger partial charge in [0.15, 0.2) is 0 Å². The summed E-state index contributed by atoms with van der Waals surface area (Å²) in [6.07, 6.45) is -9.24. The lowest BCUT2D eigenvalue weighted by molar-refractivity contribution is -0.291. The van der Waals surface area contributed by atoms with E-state index in [0.29, 0.717) is 0 Å². The van der Waals surface area contributed by atoms with Crippen LogP contribution in [0.5, 0.6) is 5.75 Å². The van der Waals surface area contributed by atoms with E-state index in [0.717, 1.165) is 37.3 Å². The molecule has 0 atom stereocenters. The first kappa shape index (κ1) is 16.5. The smallest absolute Gasteiger partial charge is 0.411 e. The van der Waals surface area contributed by atoms with Crippen molar-refractivity contribution in [1.29, 1.82) is 0 Å². The van der Waals surface area contributed by atoms with Gasteiger partial charge < -0.3 is 4.74 Å². The number of allylic oxidation sites excluding steroid dienone is 3. The van der Waals surface area contributed by atoms with Gasteiger partial charge in [-0.25, -0.2) is 0 Å². The highest BCUT2D eigenvalue weighted by Gasteiger charge is 2.75. The highest BCUT2D eigenvalue weighted by atomic mass is 19.4. The van der Waals surface area contributed by atoms with Gasteiger partial charge in [0.1, 0.15) is 11.5 Å². The summed E-state index contributed by atoms with van der Waals surface area (Å²) in [5.41, 5.74) is -6.01. The molecule has 0 spiro atoms. The molecule has 1 aromatic carbocycles. The molecule has 7 heteroatoms. The molecular formula is C15H12F6O. The van der Waals surface area contributed by atoms with E-state index in [1.165, 1.54) is 13.0 Å². The van der Waals surface area contributed by atoms with E-state index in [2.05, 4.69) is 0 Å². The van der Waals surface area contributed by atoms with Crippen LogP contribution < -0.4 is 4.74 Å². The fourth-order valence-corrected chi connectivity index (χ4v) is 2.71. The molecule has 0 aliphatic carbocycles. The van der Waals surface area contributed by atoms with Crippen LogP contribution in [0.4, 0.5) is 26.3 Å². The third kappa shape index (κ3) is 2.02. The average molecular weight is 322 g/mol. The highest BCUT2D eigenvalue weighted by Crippen LogP contribution is 2.61. The minimum absolute atomic E-state index is 0.448.